The molecule has 28 heavy (non-hydrogen) atoms. The van der Waals surface area contributed by atoms with Crippen molar-refractivity contribution in [3.05, 3.63) is 47.5 Å². The molecule has 1 fully saturated rings. The minimum atomic E-state index is -4.48. The van der Waals surface area contributed by atoms with Crippen LogP contribution in [0.15, 0.2) is 36.4 Å². The van der Waals surface area contributed by atoms with E-state index in [9.17, 15) is 18.0 Å². The summed E-state index contributed by atoms with van der Waals surface area (Å²) < 4.78 is 41.8. The summed E-state index contributed by atoms with van der Waals surface area (Å²) >= 11 is 0. The summed E-state index contributed by atoms with van der Waals surface area (Å²) in [5, 5.41) is 2.50. The fourth-order valence-corrected chi connectivity index (χ4v) is 3.97. The average molecular weight is 392 g/mol. The van der Waals surface area contributed by atoms with Crippen LogP contribution in [-0.4, -0.2) is 23.6 Å². The number of aryl methyl sites for hydroxylation is 1. The number of nitrogens with one attached hydrogen (secondary N) is 1. The second-order valence-corrected chi connectivity index (χ2v) is 7.45. The maximum absolute atomic E-state index is 13.9. The van der Waals surface area contributed by atoms with E-state index in [0.717, 1.165) is 35.2 Å². The van der Waals surface area contributed by atoms with Crippen molar-refractivity contribution in [2.75, 3.05) is 6.54 Å². The lowest BCUT2D eigenvalue weighted by Gasteiger charge is -2.30. The molecule has 6 heteroatoms. The van der Waals surface area contributed by atoms with Gasteiger partial charge in [-0.1, -0.05) is 69.0 Å². The van der Waals surface area contributed by atoms with Crippen molar-refractivity contribution in [2.45, 2.75) is 64.1 Å². The van der Waals surface area contributed by atoms with Gasteiger partial charge in [-0.3, -0.25) is 10.2 Å². The van der Waals surface area contributed by atoms with E-state index in [1.165, 1.54) is 19.3 Å². The van der Waals surface area contributed by atoms with Crippen molar-refractivity contribution in [2.24, 2.45) is 0 Å². The molecule has 2 aromatic rings. The number of fused-ring (bicyclic) bond motifs is 1. The van der Waals surface area contributed by atoms with E-state index < -0.39 is 12.2 Å². The highest BCUT2D eigenvalue weighted by Gasteiger charge is 2.47. The lowest BCUT2D eigenvalue weighted by atomic mass is 9.92. The second kappa shape index (κ2) is 8.95. The molecule has 3 nitrogen and oxygen atoms in total. The zero-order valence-electron chi connectivity index (χ0n) is 16.2. The molecule has 3 rings (SSSR count). The first kappa shape index (κ1) is 20.6. The number of unbranched alkanes of at least 4 members (excludes halogenated alkanes) is 4. The first-order valence-electron chi connectivity index (χ1n) is 10.0. The zero-order valence-corrected chi connectivity index (χ0v) is 16.2. The quantitative estimate of drug-likeness (QED) is 0.585. The molecule has 152 valence electrons. The SMILES string of the molecule is CCCCCCCc1ccc(C(N2CCC(=O)N2)C(F)(F)F)c2ccccc12. The third-order valence-corrected chi connectivity index (χ3v) is 5.36. The van der Waals surface area contributed by atoms with Crippen LogP contribution in [-0.2, 0) is 11.2 Å². The molecule has 0 saturated carbocycles. The number of carbonyl (C=O) groups excluding carboxylic acids is 1. The van der Waals surface area contributed by atoms with Gasteiger partial charge in [0.15, 0.2) is 6.04 Å². The molecule has 1 saturated heterocycles. The van der Waals surface area contributed by atoms with Crippen LogP contribution in [0.25, 0.3) is 10.8 Å². The van der Waals surface area contributed by atoms with Crippen molar-refractivity contribution in [3.8, 4) is 0 Å². The molecule has 1 amide bonds. The predicted octanol–water partition coefficient (Wildman–Crippen LogP) is 5.69. The zero-order chi connectivity index (χ0) is 20.1. The summed E-state index contributed by atoms with van der Waals surface area (Å²) in [4.78, 5) is 11.5. The molecular weight excluding hydrogens is 365 g/mol. The predicted molar refractivity (Wildman–Crippen MR) is 105 cm³/mol. The van der Waals surface area contributed by atoms with Gasteiger partial charge < -0.3 is 0 Å². The summed E-state index contributed by atoms with van der Waals surface area (Å²) in [6.45, 7) is 2.22. The molecule has 1 aliphatic rings. The largest absolute Gasteiger partial charge is 0.409 e. The second-order valence-electron chi connectivity index (χ2n) is 7.45. The molecule has 2 aromatic carbocycles. The van der Waals surface area contributed by atoms with Gasteiger partial charge in [-0.15, -0.1) is 0 Å². The molecule has 0 aromatic heterocycles. The van der Waals surface area contributed by atoms with E-state index in [-0.39, 0.29) is 24.4 Å². The van der Waals surface area contributed by atoms with E-state index in [4.69, 9.17) is 0 Å². The van der Waals surface area contributed by atoms with E-state index in [1.807, 2.05) is 18.2 Å². The van der Waals surface area contributed by atoms with Crippen LogP contribution in [0.3, 0.4) is 0 Å². The lowest BCUT2D eigenvalue weighted by molar-refractivity contribution is -0.190. The Morgan fingerprint density at radius 3 is 2.39 bits per heavy atom. The minimum absolute atomic E-state index is 0.0521. The summed E-state index contributed by atoms with van der Waals surface area (Å²) in [6.07, 6.45) is 2.22. The number of halogens is 3. The lowest BCUT2D eigenvalue weighted by Crippen LogP contribution is -2.43. The molecule has 1 aliphatic heterocycles. The Morgan fingerprint density at radius 2 is 1.75 bits per heavy atom. The number of rotatable bonds is 8. The molecule has 1 N–H and O–H groups in total. The highest BCUT2D eigenvalue weighted by Crippen LogP contribution is 2.41. The van der Waals surface area contributed by atoms with Crippen LogP contribution in [0, 0.1) is 0 Å². The van der Waals surface area contributed by atoms with Gasteiger partial charge in [-0.25, -0.2) is 5.01 Å². The first-order valence-corrected chi connectivity index (χ1v) is 10.0. The Labute approximate surface area is 163 Å². The maximum atomic E-state index is 13.9. The first-order chi connectivity index (χ1) is 13.4. The molecule has 0 radical (unpaired) electrons. The van der Waals surface area contributed by atoms with Crippen molar-refractivity contribution < 1.29 is 18.0 Å². The van der Waals surface area contributed by atoms with E-state index in [0.29, 0.717) is 5.39 Å². The molecule has 1 heterocycles. The van der Waals surface area contributed by atoms with Crippen molar-refractivity contribution in [1.82, 2.24) is 10.4 Å². The Kier molecular flexibility index (Phi) is 6.60. The van der Waals surface area contributed by atoms with Gasteiger partial charge in [-0.05, 0) is 34.7 Å². The van der Waals surface area contributed by atoms with Crippen LogP contribution >= 0.6 is 0 Å². The average Bonchev–Trinajstić information content (AvgIpc) is 3.07. The van der Waals surface area contributed by atoms with E-state index >= 15 is 0 Å². The molecule has 0 bridgehead atoms. The van der Waals surface area contributed by atoms with Crippen LogP contribution < -0.4 is 5.43 Å². The smallest absolute Gasteiger partial charge is 0.288 e. The maximum Gasteiger partial charge on any atom is 0.409 e. The van der Waals surface area contributed by atoms with Gasteiger partial charge in [0.1, 0.15) is 0 Å². The van der Waals surface area contributed by atoms with Crippen LogP contribution in [0.2, 0.25) is 0 Å². The topological polar surface area (TPSA) is 32.3 Å². The summed E-state index contributed by atoms with van der Waals surface area (Å²) in [6, 6.07) is 8.86. The molecule has 1 atom stereocenters. The van der Waals surface area contributed by atoms with Gasteiger partial charge in [0.2, 0.25) is 5.91 Å². The minimum Gasteiger partial charge on any atom is -0.288 e. The summed E-state index contributed by atoms with van der Waals surface area (Å²) in [7, 11) is 0. The van der Waals surface area contributed by atoms with Crippen LogP contribution in [0.5, 0.6) is 0 Å². The van der Waals surface area contributed by atoms with Gasteiger partial charge in [0.25, 0.3) is 0 Å². The van der Waals surface area contributed by atoms with Gasteiger partial charge in [-0.2, -0.15) is 13.2 Å². The third kappa shape index (κ3) is 4.66. The normalized spacial score (nSPS) is 16.5. The standard InChI is InChI=1S/C22H27F3N2O/c1-2-3-4-5-6-9-16-12-13-19(18-11-8-7-10-17(16)18)21(22(23,24)25)27-15-14-20(28)26-27/h7-8,10-13,21H,2-6,9,14-15H2,1H3,(H,26,28). The number of carbonyl (C=O) groups is 1. The van der Waals surface area contributed by atoms with Crippen molar-refractivity contribution in [1.29, 1.82) is 0 Å². The number of hydrogen-bond acceptors (Lipinski definition) is 2. The number of amides is 1. The monoisotopic (exact) mass is 392 g/mol. The number of hydrogen-bond donors (Lipinski definition) is 1. The molecule has 0 aliphatic carbocycles. The highest BCUT2D eigenvalue weighted by atomic mass is 19.4. The van der Waals surface area contributed by atoms with Gasteiger partial charge in [0, 0.05) is 13.0 Å². The number of alkyl halides is 3. The molecule has 1 unspecified atom stereocenters. The van der Waals surface area contributed by atoms with Gasteiger partial charge in [0.05, 0.1) is 0 Å². The Bertz CT molecular complexity index is 819. The van der Waals surface area contributed by atoms with Crippen LogP contribution in [0.4, 0.5) is 13.2 Å². The van der Waals surface area contributed by atoms with E-state index in [2.05, 4.69) is 12.3 Å². The molecule has 0 spiro atoms. The molecular formula is C22H27F3N2O. The fraction of sp³-hybridized carbons (Fsp3) is 0.500. The highest BCUT2D eigenvalue weighted by molar-refractivity contribution is 5.89. The number of hydrazine groups is 1. The Morgan fingerprint density at radius 1 is 1.04 bits per heavy atom. The Hall–Kier alpha value is -2.08. The summed E-state index contributed by atoms with van der Waals surface area (Å²) in [5.41, 5.74) is 3.65. The van der Waals surface area contributed by atoms with Crippen molar-refractivity contribution >= 4 is 16.7 Å². The number of nitrogens with zero attached hydrogens (tertiary/aromatic N) is 1. The Balaban J connectivity index is 1.92. The third-order valence-electron chi connectivity index (χ3n) is 5.36. The van der Waals surface area contributed by atoms with E-state index in [1.54, 1.807) is 18.2 Å². The fourth-order valence-electron chi connectivity index (χ4n) is 3.97. The summed E-state index contributed by atoms with van der Waals surface area (Å²) in [5.74, 6) is -0.373. The van der Waals surface area contributed by atoms with Crippen molar-refractivity contribution in [3.63, 3.8) is 0 Å². The van der Waals surface area contributed by atoms with Gasteiger partial charge >= 0.3 is 6.18 Å². The number of benzene rings is 2. The van der Waals surface area contributed by atoms with Crippen LogP contribution in [0.1, 0.15) is 62.6 Å².